The highest BCUT2D eigenvalue weighted by molar-refractivity contribution is 8.02. The lowest BCUT2D eigenvalue weighted by Crippen LogP contribution is -1.77. The van der Waals surface area contributed by atoms with Gasteiger partial charge in [-0.2, -0.15) is 0 Å². The fourth-order valence-electron chi connectivity index (χ4n) is 1.04. The van der Waals surface area contributed by atoms with Crippen LogP contribution in [0.2, 0.25) is 0 Å². The molecule has 0 spiro atoms. The van der Waals surface area contributed by atoms with E-state index in [1.807, 2.05) is 24.3 Å². The SMILES string of the molecule is C=C/C(=C\SCC)c1ccccc1. The van der Waals surface area contributed by atoms with E-state index in [0.29, 0.717) is 0 Å². The lowest BCUT2D eigenvalue weighted by molar-refractivity contribution is 1.53. The zero-order valence-corrected chi connectivity index (χ0v) is 8.68. The van der Waals surface area contributed by atoms with Crippen molar-refractivity contribution >= 4 is 17.3 Å². The van der Waals surface area contributed by atoms with Crippen LogP contribution in [0, 0.1) is 0 Å². The van der Waals surface area contributed by atoms with Gasteiger partial charge in [-0.3, -0.25) is 0 Å². The summed E-state index contributed by atoms with van der Waals surface area (Å²) in [4.78, 5) is 0. The molecule has 0 fully saturated rings. The predicted octanol–water partition coefficient (Wildman–Crippen LogP) is 3.97. The van der Waals surface area contributed by atoms with Gasteiger partial charge in [-0.25, -0.2) is 0 Å². The van der Waals surface area contributed by atoms with E-state index in [1.165, 1.54) is 11.1 Å². The van der Waals surface area contributed by atoms with Crippen molar-refractivity contribution in [1.82, 2.24) is 0 Å². The molecule has 0 aliphatic rings. The summed E-state index contributed by atoms with van der Waals surface area (Å²) in [5, 5.41) is 2.16. The van der Waals surface area contributed by atoms with Gasteiger partial charge < -0.3 is 0 Å². The van der Waals surface area contributed by atoms with Crippen molar-refractivity contribution < 1.29 is 0 Å². The number of hydrogen-bond acceptors (Lipinski definition) is 1. The Balaban J connectivity index is 2.84. The van der Waals surface area contributed by atoms with E-state index in [-0.39, 0.29) is 0 Å². The molecule has 0 radical (unpaired) electrons. The largest absolute Gasteiger partial charge is 0.134 e. The molecule has 0 aliphatic heterocycles. The van der Waals surface area contributed by atoms with Crippen LogP contribution in [0.25, 0.3) is 5.57 Å². The summed E-state index contributed by atoms with van der Waals surface area (Å²) in [6, 6.07) is 10.3. The first-order valence-electron chi connectivity index (χ1n) is 4.38. The lowest BCUT2D eigenvalue weighted by atomic mass is 10.1. The van der Waals surface area contributed by atoms with Crippen molar-refractivity contribution in [3.63, 3.8) is 0 Å². The molecular formula is C12H14S. The minimum atomic E-state index is 1.10. The zero-order valence-electron chi connectivity index (χ0n) is 7.86. The molecule has 0 aromatic heterocycles. The quantitative estimate of drug-likeness (QED) is 0.647. The second-order valence-corrected chi connectivity index (χ2v) is 3.75. The Hall–Kier alpha value is -0.950. The molecule has 0 heterocycles. The number of thioether (sulfide) groups is 1. The number of allylic oxidation sites excluding steroid dienone is 2. The van der Waals surface area contributed by atoms with Crippen molar-refractivity contribution in [2.75, 3.05) is 5.75 Å². The third-order valence-corrected chi connectivity index (χ3v) is 2.46. The second kappa shape index (κ2) is 5.65. The Morgan fingerprint density at radius 2 is 2.08 bits per heavy atom. The second-order valence-electron chi connectivity index (χ2n) is 2.60. The normalized spacial score (nSPS) is 11.3. The van der Waals surface area contributed by atoms with Crippen molar-refractivity contribution in [2.45, 2.75) is 6.92 Å². The molecule has 0 aliphatic carbocycles. The molecule has 0 saturated heterocycles. The Morgan fingerprint density at radius 3 is 2.62 bits per heavy atom. The fourth-order valence-corrected chi connectivity index (χ4v) is 1.62. The first kappa shape index (κ1) is 10.1. The van der Waals surface area contributed by atoms with Gasteiger partial charge >= 0.3 is 0 Å². The van der Waals surface area contributed by atoms with Crippen LogP contribution in [-0.4, -0.2) is 5.75 Å². The summed E-state index contributed by atoms with van der Waals surface area (Å²) in [6.07, 6.45) is 1.90. The topological polar surface area (TPSA) is 0 Å². The highest BCUT2D eigenvalue weighted by atomic mass is 32.2. The van der Waals surface area contributed by atoms with Crippen LogP contribution >= 0.6 is 11.8 Å². The van der Waals surface area contributed by atoms with E-state index in [2.05, 4.69) is 31.0 Å². The molecule has 1 heteroatoms. The van der Waals surface area contributed by atoms with Gasteiger partial charge in [0.1, 0.15) is 0 Å². The third-order valence-electron chi connectivity index (χ3n) is 1.70. The summed E-state index contributed by atoms with van der Waals surface area (Å²) in [5.74, 6) is 1.10. The van der Waals surface area contributed by atoms with Gasteiger partial charge in [-0.15, -0.1) is 11.8 Å². The maximum absolute atomic E-state index is 3.81. The Morgan fingerprint density at radius 1 is 1.38 bits per heavy atom. The minimum Gasteiger partial charge on any atom is -0.134 e. The van der Waals surface area contributed by atoms with Crippen molar-refractivity contribution in [3.8, 4) is 0 Å². The molecule has 13 heavy (non-hydrogen) atoms. The van der Waals surface area contributed by atoms with Gasteiger partial charge in [-0.1, -0.05) is 49.9 Å². The van der Waals surface area contributed by atoms with Gasteiger partial charge in [0.2, 0.25) is 0 Å². The van der Waals surface area contributed by atoms with E-state index in [4.69, 9.17) is 0 Å². The Kier molecular flexibility index (Phi) is 4.41. The van der Waals surface area contributed by atoms with Crippen LogP contribution in [0.4, 0.5) is 0 Å². The van der Waals surface area contributed by atoms with E-state index < -0.39 is 0 Å². The fraction of sp³-hybridized carbons (Fsp3) is 0.167. The summed E-state index contributed by atoms with van der Waals surface area (Å²) in [7, 11) is 0. The lowest BCUT2D eigenvalue weighted by Gasteiger charge is -2.00. The summed E-state index contributed by atoms with van der Waals surface area (Å²) in [6.45, 7) is 5.95. The first-order chi connectivity index (χ1) is 6.38. The van der Waals surface area contributed by atoms with Crippen LogP contribution < -0.4 is 0 Å². The first-order valence-corrected chi connectivity index (χ1v) is 5.43. The molecule has 0 unspecified atom stereocenters. The van der Waals surface area contributed by atoms with Crippen molar-refractivity contribution in [3.05, 3.63) is 54.0 Å². The molecule has 0 saturated carbocycles. The Bertz CT molecular complexity index is 285. The Labute approximate surface area is 84.4 Å². The molecule has 0 nitrogen and oxygen atoms in total. The maximum Gasteiger partial charge on any atom is -0.00542 e. The molecule has 0 bridgehead atoms. The van der Waals surface area contributed by atoms with Crippen molar-refractivity contribution in [2.24, 2.45) is 0 Å². The zero-order chi connectivity index (χ0) is 9.52. The van der Waals surface area contributed by atoms with Crippen molar-refractivity contribution in [1.29, 1.82) is 0 Å². The monoisotopic (exact) mass is 190 g/mol. The van der Waals surface area contributed by atoms with Gasteiger partial charge in [0.15, 0.2) is 0 Å². The van der Waals surface area contributed by atoms with Crippen LogP contribution in [0.1, 0.15) is 12.5 Å². The van der Waals surface area contributed by atoms with E-state index in [9.17, 15) is 0 Å². The van der Waals surface area contributed by atoms with Crippen LogP contribution in [0.3, 0.4) is 0 Å². The average molecular weight is 190 g/mol. The highest BCUT2D eigenvalue weighted by Gasteiger charge is 1.94. The summed E-state index contributed by atoms with van der Waals surface area (Å²) < 4.78 is 0. The number of rotatable bonds is 4. The molecule has 1 aromatic rings. The van der Waals surface area contributed by atoms with Gasteiger partial charge in [0.05, 0.1) is 0 Å². The number of hydrogen-bond donors (Lipinski definition) is 0. The third kappa shape index (κ3) is 3.11. The standard InChI is InChI=1S/C12H14S/c1-3-11(10-13-4-2)12-8-6-5-7-9-12/h3,5-10H,1,4H2,2H3/b11-10+. The molecular weight excluding hydrogens is 176 g/mol. The molecule has 0 amide bonds. The molecule has 1 rings (SSSR count). The highest BCUT2D eigenvalue weighted by Crippen LogP contribution is 2.18. The van der Waals surface area contributed by atoms with Crippen LogP contribution in [-0.2, 0) is 0 Å². The summed E-state index contributed by atoms with van der Waals surface area (Å²) in [5.41, 5.74) is 2.44. The van der Waals surface area contributed by atoms with E-state index >= 15 is 0 Å². The molecule has 0 N–H and O–H groups in total. The number of benzene rings is 1. The summed E-state index contributed by atoms with van der Waals surface area (Å²) >= 11 is 1.80. The maximum atomic E-state index is 3.81. The van der Waals surface area contributed by atoms with Gasteiger partial charge in [0.25, 0.3) is 0 Å². The molecule has 68 valence electrons. The van der Waals surface area contributed by atoms with E-state index in [1.54, 1.807) is 11.8 Å². The minimum absolute atomic E-state index is 1.10. The van der Waals surface area contributed by atoms with Crippen LogP contribution in [0.5, 0.6) is 0 Å². The van der Waals surface area contributed by atoms with Gasteiger partial charge in [0, 0.05) is 0 Å². The van der Waals surface area contributed by atoms with E-state index in [0.717, 1.165) is 5.75 Å². The average Bonchev–Trinajstić information content (AvgIpc) is 2.21. The molecule has 0 atom stereocenters. The van der Waals surface area contributed by atoms with Gasteiger partial charge in [-0.05, 0) is 22.3 Å². The molecule has 1 aromatic carbocycles. The van der Waals surface area contributed by atoms with Crippen LogP contribution in [0.15, 0.2) is 48.4 Å². The smallest absolute Gasteiger partial charge is 0.00542 e. The predicted molar refractivity (Wildman–Crippen MR) is 62.7 cm³/mol.